The first-order valence-electron chi connectivity index (χ1n) is 9.69. The van der Waals surface area contributed by atoms with E-state index < -0.39 is 0 Å². The van der Waals surface area contributed by atoms with Crippen LogP contribution in [0.4, 0.5) is 0 Å². The fourth-order valence-corrected chi connectivity index (χ4v) is 5.02. The van der Waals surface area contributed by atoms with Gasteiger partial charge in [-0.2, -0.15) is 0 Å². The second-order valence-corrected chi connectivity index (χ2v) is 8.81. The second kappa shape index (κ2) is 7.54. The van der Waals surface area contributed by atoms with Crippen LogP contribution in [0.15, 0.2) is 30.3 Å². The Hall–Kier alpha value is -2.02. The van der Waals surface area contributed by atoms with Crippen LogP contribution in [0.2, 0.25) is 0 Å². The third-order valence-corrected chi connectivity index (χ3v) is 6.93. The van der Waals surface area contributed by atoms with Crippen molar-refractivity contribution < 1.29 is 14.6 Å². The van der Waals surface area contributed by atoms with Gasteiger partial charge >= 0.3 is 0 Å². The number of carbonyl (C=O) groups excluding carboxylic acids is 1. The van der Waals surface area contributed by atoms with Gasteiger partial charge in [-0.3, -0.25) is 4.79 Å². The molecule has 3 heterocycles. The molecule has 0 atom stereocenters. The van der Waals surface area contributed by atoms with Gasteiger partial charge < -0.3 is 14.4 Å². The van der Waals surface area contributed by atoms with Gasteiger partial charge in [-0.15, -0.1) is 11.3 Å². The third-order valence-electron chi connectivity index (χ3n) is 5.89. The lowest BCUT2D eigenvalue weighted by atomic mass is 10.1. The summed E-state index contributed by atoms with van der Waals surface area (Å²) in [6, 6.07) is 10.4. The number of hydrogen-bond donors (Lipinski definition) is 2. The summed E-state index contributed by atoms with van der Waals surface area (Å²) in [4.78, 5) is 20.5. The van der Waals surface area contributed by atoms with E-state index in [1.165, 1.54) is 14.6 Å². The fourth-order valence-electron chi connectivity index (χ4n) is 3.98. The van der Waals surface area contributed by atoms with Crippen LogP contribution < -0.4 is 9.80 Å². The molecule has 142 valence electrons. The Morgan fingerprint density at radius 3 is 2.52 bits per heavy atom. The van der Waals surface area contributed by atoms with E-state index in [1.54, 1.807) is 4.90 Å². The van der Waals surface area contributed by atoms with Gasteiger partial charge in [0.1, 0.15) is 44.3 Å². The maximum absolute atomic E-state index is 12.7. The molecule has 0 aliphatic carbocycles. The molecule has 0 saturated carbocycles. The van der Waals surface area contributed by atoms with Crippen molar-refractivity contribution in [3.63, 3.8) is 0 Å². The number of fused-ring (bicyclic) bond motifs is 1. The lowest BCUT2D eigenvalue weighted by Crippen LogP contribution is -3.27. The molecular formula is C21H28N4OS+2. The molecule has 1 aliphatic rings. The molecule has 27 heavy (non-hydrogen) atoms. The Morgan fingerprint density at radius 2 is 1.85 bits per heavy atom. The molecule has 0 spiro atoms. The van der Waals surface area contributed by atoms with Crippen LogP contribution in [-0.4, -0.2) is 48.1 Å². The van der Waals surface area contributed by atoms with Crippen molar-refractivity contribution in [1.29, 1.82) is 0 Å². The fraction of sp³-hybridized carbons (Fsp3) is 0.429. The van der Waals surface area contributed by atoms with E-state index in [2.05, 4.69) is 29.7 Å². The molecule has 4 rings (SSSR count). The lowest BCUT2D eigenvalue weighted by molar-refractivity contribution is -1.01. The number of ketones is 1. The highest BCUT2D eigenvalue weighted by Gasteiger charge is 2.27. The highest BCUT2D eigenvalue weighted by Crippen LogP contribution is 2.20. The lowest BCUT2D eigenvalue weighted by Gasteiger charge is -2.28. The second-order valence-electron chi connectivity index (χ2n) is 7.70. The molecule has 1 aromatic carbocycles. The first-order valence-corrected chi connectivity index (χ1v) is 10.5. The molecule has 0 unspecified atom stereocenters. The van der Waals surface area contributed by atoms with Crippen LogP contribution in [-0.2, 0) is 13.6 Å². The van der Waals surface area contributed by atoms with Crippen LogP contribution in [0.25, 0.3) is 10.2 Å². The highest BCUT2D eigenvalue weighted by atomic mass is 32.1. The summed E-state index contributed by atoms with van der Waals surface area (Å²) in [5, 5.41) is 1.22. The van der Waals surface area contributed by atoms with Crippen LogP contribution in [0.3, 0.4) is 0 Å². The predicted molar refractivity (Wildman–Crippen MR) is 109 cm³/mol. The van der Waals surface area contributed by atoms with Crippen LogP contribution in [0.1, 0.15) is 26.8 Å². The van der Waals surface area contributed by atoms with E-state index in [1.807, 2.05) is 37.4 Å². The van der Waals surface area contributed by atoms with Crippen molar-refractivity contribution in [2.24, 2.45) is 7.05 Å². The number of quaternary nitrogens is 2. The maximum Gasteiger partial charge on any atom is 0.218 e. The van der Waals surface area contributed by atoms with E-state index in [4.69, 9.17) is 4.98 Å². The summed E-state index contributed by atoms with van der Waals surface area (Å²) >= 11 is 1.81. The number of aromatic nitrogens is 2. The van der Waals surface area contributed by atoms with Crippen molar-refractivity contribution >= 4 is 27.3 Å². The average molecular weight is 385 g/mol. The number of nitrogens with one attached hydrogen (secondary N) is 2. The Labute approximate surface area is 164 Å². The largest absolute Gasteiger partial charge is 0.351 e. The van der Waals surface area contributed by atoms with Crippen LogP contribution in [0, 0.1) is 13.8 Å². The monoisotopic (exact) mass is 384 g/mol. The number of nitrogens with zero attached hydrogens (tertiary/aromatic N) is 2. The minimum atomic E-state index is 0.279. The molecule has 0 amide bonds. The van der Waals surface area contributed by atoms with Gasteiger partial charge in [-0.05, 0) is 32.0 Å². The summed E-state index contributed by atoms with van der Waals surface area (Å²) in [5.74, 6) is 0.279. The van der Waals surface area contributed by atoms with E-state index >= 15 is 0 Å². The summed E-state index contributed by atoms with van der Waals surface area (Å²) in [6.45, 7) is 10.0. The average Bonchev–Trinajstić information content (AvgIpc) is 3.19. The number of carbonyl (C=O) groups is 1. The summed E-state index contributed by atoms with van der Waals surface area (Å²) < 4.78 is 3.37. The van der Waals surface area contributed by atoms with Gasteiger partial charge in [0.25, 0.3) is 0 Å². The van der Waals surface area contributed by atoms with Gasteiger partial charge in [-0.25, -0.2) is 4.98 Å². The molecule has 1 aliphatic heterocycles. The highest BCUT2D eigenvalue weighted by molar-refractivity contribution is 7.18. The quantitative estimate of drug-likeness (QED) is 0.626. The van der Waals surface area contributed by atoms with Crippen molar-refractivity contribution in [1.82, 2.24) is 9.55 Å². The van der Waals surface area contributed by atoms with E-state index in [0.29, 0.717) is 6.54 Å². The van der Waals surface area contributed by atoms with Crippen LogP contribution >= 0.6 is 11.3 Å². The normalized spacial score (nSPS) is 20.3. The van der Waals surface area contributed by atoms with Gasteiger partial charge in [0, 0.05) is 24.0 Å². The van der Waals surface area contributed by atoms with Crippen molar-refractivity contribution in [2.75, 3.05) is 32.7 Å². The van der Waals surface area contributed by atoms with Crippen molar-refractivity contribution in [3.05, 3.63) is 52.3 Å². The summed E-state index contributed by atoms with van der Waals surface area (Å²) in [5.41, 5.74) is 4.24. The molecule has 2 aromatic heterocycles. The van der Waals surface area contributed by atoms with E-state index in [-0.39, 0.29) is 5.78 Å². The molecule has 2 N–H and O–H groups in total. The number of benzene rings is 1. The zero-order valence-electron chi connectivity index (χ0n) is 16.3. The number of aryl methyl sites for hydroxylation is 1. The van der Waals surface area contributed by atoms with E-state index in [9.17, 15) is 4.79 Å². The first kappa shape index (κ1) is 18.3. The smallest absolute Gasteiger partial charge is 0.218 e. The Bertz CT molecular complexity index is 933. The number of para-hydroxylation sites is 1. The third kappa shape index (κ3) is 3.83. The van der Waals surface area contributed by atoms with Crippen molar-refractivity contribution in [3.8, 4) is 0 Å². The number of Topliss-reactive ketones (excluding diaryl/α,β-unsaturated/α-hetero) is 1. The minimum absolute atomic E-state index is 0.279. The zero-order chi connectivity index (χ0) is 19.0. The summed E-state index contributed by atoms with van der Waals surface area (Å²) in [6.07, 6.45) is 0. The Kier molecular flexibility index (Phi) is 5.12. The van der Waals surface area contributed by atoms with Gasteiger partial charge in [0.15, 0.2) is 0 Å². The zero-order valence-corrected chi connectivity index (χ0v) is 17.2. The Morgan fingerprint density at radius 1 is 1.15 bits per heavy atom. The molecule has 1 fully saturated rings. The Balaban J connectivity index is 1.32. The number of hydrogen-bond acceptors (Lipinski definition) is 3. The predicted octanol–water partition coefficient (Wildman–Crippen LogP) is 0.418. The van der Waals surface area contributed by atoms with Gasteiger partial charge in [-0.1, -0.05) is 12.1 Å². The number of piperazine rings is 1. The maximum atomic E-state index is 12.7. The first-order chi connectivity index (χ1) is 13.0. The molecule has 5 nitrogen and oxygen atoms in total. The standard InChI is InChI=1S/C21H26N4OS/c1-15-12-17(16(2)23(15)3)19(26)13-24-8-10-25(11-9-24)14-21-22-18-6-4-5-7-20(18)27-21/h4-7,12H,8-11,13-14H2,1-3H3/p+2. The topological polar surface area (TPSA) is 43.8 Å². The SMILES string of the molecule is Cc1cc(C(=O)C[NH+]2CC[NH+](Cc3nc4ccccc4s3)CC2)c(C)n1C. The van der Waals surface area contributed by atoms with Gasteiger partial charge in [0.2, 0.25) is 5.78 Å². The molecule has 0 radical (unpaired) electrons. The minimum Gasteiger partial charge on any atom is -0.351 e. The summed E-state index contributed by atoms with van der Waals surface area (Å²) in [7, 11) is 2.03. The molecular weight excluding hydrogens is 356 g/mol. The molecule has 6 heteroatoms. The van der Waals surface area contributed by atoms with Crippen LogP contribution in [0.5, 0.6) is 0 Å². The number of rotatable bonds is 5. The molecule has 0 bridgehead atoms. The molecule has 1 saturated heterocycles. The molecule has 3 aromatic rings. The number of thiazole rings is 1. The van der Waals surface area contributed by atoms with Gasteiger partial charge in [0.05, 0.1) is 10.2 Å². The van der Waals surface area contributed by atoms with E-state index in [0.717, 1.165) is 55.2 Å². The van der Waals surface area contributed by atoms with Crippen molar-refractivity contribution in [2.45, 2.75) is 20.4 Å².